The highest BCUT2D eigenvalue weighted by atomic mass is 16.5. The van der Waals surface area contributed by atoms with E-state index in [-0.39, 0.29) is 12.1 Å². The zero-order chi connectivity index (χ0) is 23.5. The van der Waals surface area contributed by atoms with Gasteiger partial charge in [0.05, 0.1) is 32.4 Å². The van der Waals surface area contributed by atoms with Crippen LogP contribution >= 0.6 is 0 Å². The Morgan fingerprint density at radius 1 is 1.06 bits per heavy atom. The Hall–Kier alpha value is -4.34. The Kier molecular flexibility index (Phi) is 5.99. The molecule has 0 unspecified atom stereocenters. The summed E-state index contributed by atoms with van der Waals surface area (Å²) in [5.41, 5.74) is 1.10. The van der Waals surface area contributed by atoms with Gasteiger partial charge >= 0.3 is 0 Å². The maximum atomic E-state index is 13.0. The van der Waals surface area contributed by atoms with E-state index in [0.29, 0.717) is 45.3 Å². The SMILES string of the molecule is COc1cccc(-c2nn(CC(=O)Nc3cc(OC)ccc3OC)c(=O)c3noc(C)c23)c1. The lowest BCUT2D eigenvalue weighted by Crippen LogP contribution is -2.30. The minimum Gasteiger partial charge on any atom is -0.497 e. The van der Waals surface area contributed by atoms with Crippen molar-refractivity contribution in [2.24, 2.45) is 0 Å². The molecule has 0 fully saturated rings. The predicted molar refractivity (Wildman–Crippen MR) is 121 cm³/mol. The third kappa shape index (κ3) is 4.22. The largest absolute Gasteiger partial charge is 0.497 e. The smallest absolute Gasteiger partial charge is 0.297 e. The van der Waals surface area contributed by atoms with Gasteiger partial charge in [0.25, 0.3) is 5.56 Å². The summed E-state index contributed by atoms with van der Waals surface area (Å²) >= 11 is 0. The van der Waals surface area contributed by atoms with Crippen LogP contribution in [-0.2, 0) is 11.3 Å². The first kappa shape index (κ1) is 21.9. The van der Waals surface area contributed by atoms with Crippen molar-refractivity contribution >= 4 is 22.5 Å². The standard InChI is InChI=1S/C23H22N4O6/c1-13-20-21(14-6-5-7-15(10-14)30-2)25-27(23(29)22(20)26-33-13)12-19(28)24-17-11-16(31-3)8-9-18(17)32-4/h5-11H,12H2,1-4H3,(H,24,28). The van der Waals surface area contributed by atoms with Crippen LogP contribution in [0, 0.1) is 6.92 Å². The first-order chi connectivity index (χ1) is 15.9. The summed E-state index contributed by atoms with van der Waals surface area (Å²) in [5, 5.41) is 11.6. The van der Waals surface area contributed by atoms with Gasteiger partial charge < -0.3 is 24.1 Å². The molecular weight excluding hydrogens is 428 g/mol. The number of carbonyl (C=O) groups excluding carboxylic acids is 1. The van der Waals surface area contributed by atoms with E-state index in [1.54, 1.807) is 44.4 Å². The average Bonchev–Trinajstić information content (AvgIpc) is 3.22. The number of rotatable bonds is 7. The van der Waals surface area contributed by atoms with E-state index in [2.05, 4.69) is 15.6 Å². The van der Waals surface area contributed by atoms with Gasteiger partial charge in [0.2, 0.25) is 5.91 Å². The van der Waals surface area contributed by atoms with Gasteiger partial charge in [0, 0.05) is 11.6 Å². The van der Waals surface area contributed by atoms with Gasteiger partial charge in [-0.3, -0.25) is 9.59 Å². The highest BCUT2D eigenvalue weighted by Gasteiger charge is 2.20. The van der Waals surface area contributed by atoms with Crippen LogP contribution in [0.25, 0.3) is 22.2 Å². The van der Waals surface area contributed by atoms with Crippen molar-refractivity contribution in [2.75, 3.05) is 26.6 Å². The number of anilines is 1. The molecule has 1 N–H and O–H groups in total. The second-order valence-corrected chi connectivity index (χ2v) is 7.12. The Morgan fingerprint density at radius 3 is 2.55 bits per heavy atom. The number of fused-ring (bicyclic) bond motifs is 1. The molecule has 2 aromatic heterocycles. The number of nitrogens with one attached hydrogen (secondary N) is 1. The lowest BCUT2D eigenvalue weighted by Gasteiger charge is -2.13. The number of ether oxygens (including phenoxy) is 3. The molecule has 2 aromatic carbocycles. The number of amides is 1. The first-order valence-corrected chi connectivity index (χ1v) is 9.98. The molecule has 0 bridgehead atoms. The molecular formula is C23H22N4O6. The summed E-state index contributed by atoms with van der Waals surface area (Å²) < 4.78 is 22.1. The Morgan fingerprint density at radius 2 is 1.82 bits per heavy atom. The van der Waals surface area contributed by atoms with E-state index < -0.39 is 11.5 Å². The van der Waals surface area contributed by atoms with E-state index in [4.69, 9.17) is 18.7 Å². The second kappa shape index (κ2) is 9.03. The topological polar surface area (TPSA) is 118 Å². The van der Waals surface area contributed by atoms with E-state index in [0.717, 1.165) is 4.68 Å². The summed E-state index contributed by atoms with van der Waals surface area (Å²) in [7, 11) is 4.57. The van der Waals surface area contributed by atoms with E-state index >= 15 is 0 Å². The summed E-state index contributed by atoms with van der Waals surface area (Å²) in [4.78, 5) is 25.8. The van der Waals surface area contributed by atoms with Gasteiger partial charge in [-0.05, 0) is 31.2 Å². The van der Waals surface area contributed by atoms with Crippen molar-refractivity contribution in [1.29, 1.82) is 0 Å². The van der Waals surface area contributed by atoms with Crippen LogP contribution in [0.1, 0.15) is 5.76 Å². The minimum absolute atomic E-state index is 0.0899. The Labute approximate surface area is 188 Å². The highest BCUT2D eigenvalue weighted by Crippen LogP contribution is 2.30. The van der Waals surface area contributed by atoms with Crippen molar-refractivity contribution in [3.05, 3.63) is 58.6 Å². The van der Waals surface area contributed by atoms with Crippen molar-refractivity contribution in [2.45, 2.75) is 13.5 Å². The van der Waals surface area contributed by atoms with E-state index in [9.17, 15) is 9.59 Å². The van der Waals surface area contributed by atoms with Crippen LogP contribution < -0.4 is 25.1 Å². The molecule has 0 aliphatic rings. The third-order valence-corrected chi connectivity index (χ3v) is 5.07. The van der Waals surface area contributed by atoms with Crippen LogP contribution in [0.2, 0.25) is 0 Å². The lowest BCUT2D eigenvalue weighted by molar-refractivity contribution is -0.117. The molecule has 170 valence electrons. The highest BCUT2D eigenvalue weighted by molar-refractivity contribution is 5.94. The fourth-order valence-electron chi connectivity index (χ4n) is 3.45. The number of hydrogen-bond acceptors (Lipinski definition) is 8. The second-order valence-electron chi connectivity index (χ2n) is 7.12. The monoisotopic (exact) mass is 450 g/mol. The molecule has 0 saturated carbocycles. The number of nitrogens with zero attached hydrogens (tertiary/aromatic N) is 3. The molecule has 10 nitrogen and oxygen atoms in total. The molecule has 4 rings (SSSR count). The third-order valence-electron chi connectivity index (χ3n) is 5.07. The molecule has 0 aliphatic carbocycles. The molecule has 0 aliphatic heterocycles. The summed E-state index contributed by atoms with van der Waals surface area (Å²) in [6.07, 6.45) is 0. The molecule has 0 atom stereocenters. The Bertz CT molecular complexity index is 1390. The van der Waals surface area contributed by atoms with Crippen molar-refractivity contribution in [3.63, 3.8) is 0 Å². The van der Waals surface area contributed by atoms with Gasteiger partial charge in [0.1, 0.15) is 35.2 Å². The average molecular weight is 450 g/mol. The summed E-state index contributed by atoms with van der Waals surface area (Å²) in [6.45, 7) is 1.35. The fraction of sp³-hybridized carbons (Fsp3) is 0.217. The van der Waals surface area contributed by atoms with Crippen LogP contribution in [0.3, 0.4) is 0 Å². The molecule has 0 spiro atoms. The van der Waals surface area contributed by atoms with E-state index in [1.807, 2.05) is 12.1 Å². The van der Waals surface area contributed by atoms with Crippen LogP contribution in [0.4, 0.5) is 5.69 Å². The zero-order valence-corrected chi connectivity index (χ0v) is 18.5. The Balaban J connectivity index is 1.74. The number of aromatic nitrogens is 3. The number of carbonyl (C=O) groups is 1. The number of methoxy groups -OCH3 is 3. The maximum Gasteiger partial charge on any atom is 0.297 e. The fourth-order valence-corrected chi connectivity index (χ4v) is 3.45. The normalized spacial score (nSPS) is 10.8. The van der Waals surface area contributed by atoms with Crippen LogP contribution in [0.15, 0.2) is 51.8 Å². The molecule has 1 amide bonds. The van der Waals surface area contributed by atoms with Gasteiger partial charge in [0.15, 0.2) is 5.52 Å². The van der Waals surface area contributed by atoms with Gasteiger partial charge in [-0.15, -0.1) is 0 Å². The van der Waals surface area contributed by atoms with Gasteiger partial charge in [-0.2, -0.15) is 5.10 Å². The van der Waals surface area contributed by atoms with Crippen LogP contribution in [-0.4, -0.2) is 42.2 Å². The van der Waals surface area contributed by atoms with Crippen molar-refractivity contribution < 1.29 is 23.5 Å². The summed E-state index contributed by atoms with van der Waals surface area (Å²) in [5.74, 6) is 1.58. The van der Waals surface area contributed by atoms with E-state index in [1.165, 1.54) is 14.2 Å². The van der Waals surface area contributed by atoms with Gasteiger partial charge in [-0.1, -0.05) is 17.3 Å². The maximum absolute atomic E-state index is 13.0. The lowest BCUT2D eigenvalue weighted by atomic mass is 10.1. The van der Waals surface area contributed by atoms with Crippen molar-refractivity contribution in [3.8, 4) is 28.5 Å². The van der Waals surface area contributed by atoms with Crippen LogP contribution in [0.5, 0.6) is 17.2 Å². The molecule has 0 saturated heterocycles. The number of aryl methyl sites for hydroxylation is 1. The number of benzene rings is 2. The molecule has 2 heterocycles. The zero-order valence-electron chi connectivity index (χ0n) is 18.5. The van der Waals surface area contributed by atoms with Gasteiger partial charge in [-0.25, -0.2) is 4.68 Å². The predicted octanol–water partition coefficient (Wildman–Crippen LogP) is 3.02. The number of hydrogen-bond donors (Lipinski definition) is 1. The summed E-state index contributed by atoms with van der Waals surface area (Å²) in [6, 6.07) is 12.2. The molecule has 0 radical (unpaired) electrons. The quantitative estimate of drug-likeness (QED) is 0.457. The molecule has 10 heteroatoms. The van der Waals surface area contributed by atoms with Crippen molar-refractivity contribution in [1.82, 2.24) is 14.9 Å². The molecule has 33 heavy (non-hydrogen) atoms. The molecule has 4 aromatic rings. The first-order valence-electron chi connectivity index (χ1n) is 9.98. The minimum atomic E-state index is -0.541.